The normalized spacial score (nSPS) is 17.2. The van der Waals surface area contributed by atoms with Gasteiger partial charge in [0.05, 0.1) is 0 Å². The molecule has 0 spiro atoms. The maximum Gasteiger partial charge on any atom is 0.109 e. The van der Waals surface area contributed by atoms with Gasteiger partial charge in [0.1, 0.15) is 4.99 Å². The Morgan fingerprint density at radius 2 is 1.82 bits per heavy atom. The molecule has 1 aromatic rings. The van der Waals surface area contributed by atoms with Crippen LogP contribution in [0.15, 0.2) is 24.3 Å². The first-order chi connectivity index (χ1) is 8.20. The Bertz CT molecular complexity index is 374. The lowest BCUT2D eigenvalue weighted by Crippen LogP contribution is -2.37. The number of aryl methyl sites for hydroxylation is 1. The molecule has 0 unspecified atom stereocenters. The molecule has 1 nitrogen and oxygen atoms in total. The average molecular weight is 247 g/mol. The van der Waals surface area contributed by atoms with E-state index in [1.54, 1.807) is 0 Å². The molecule has 0 atom stereocenters. The van der Waals surface area contributed by atoms with Crippen molar-refractivity contribution in [3.05, 3.63) is 35.4 Å². The predicted octanol–water partition coefficient (Wildman–Crippen LogP) is 3.66. The van der Waals surface area contributed by atoms with E-state index in [1.165, 1.54) is 24.0 Å². The van der Waals surface area contributed by atoms with Gasteiger partial charge in [0.2, 0.25) is 0 Å². The van der Waals surface area contributed by atoms with Gasteiger partial charge in [-0.2, -0.15) is 0 Å². The van der Waals surface area contributed by atoms with E-state index in [1.807, 2.05) is 0 Å². The van der Waals surface area contributed by atoms with Gasteiger partial charge in [0, 0.05) is 18.7 Å². The number of piperidine rings is 1. The van der Waals surface area contributed by atoms with Crippen LogP contribution in [0.2, 0.25) is 0 Å². The monoisotopic (exact) mass is 247 g/mol. The van der Waals surface area contributed by atoms with Crippen molar-refractivity contribution >= 4 is 17.2 Å². The van der Waals surface area contributed by atoms with E-state index < -0.39 is 0 Å². The summed E-state index contributed by atoms with van der Waals surface area (Å²) in [5.41, 5.74) is 2.58. The van der Waals surface area contributed by atoms with Crippen LogP contribution in [0, 0.1) is 5.92 Å². The highest BCUT2D eigenvalue weighted by atomic mass is 32.1. The van der Waals surface area contributed by atoms with E-state index in [0.29, 0.717) is 0 Å². The molecule has 0 N–H and O–H groups in total. The summed E-state index contributed by atoms with van der Waals surface area (Å²) < 4.78 is 0. The number of hydrogen-bond acceptors (Lipinski definition) is 1. The van der Waals surface area contributed by atoms with E-state index in [2.05, 4.69) is 43.0 Å². The summed E-state index contributed by atoms with van der Waals surface area (Å²) in [6.45, 7) is 6.75. The van der Waals surface area contributed by atoms with Crippen LogP contribution < -0.4 is 0 Å². The Hall–Kier alpha value is -0.890. The van der Waals surface area contributed by atoms with Gasteiger partial charge < -0.3 is 4.90 Å². The number of nitrogens with zero attached hydrogens (tertiary/aromatic N) is 1. The maximum atomic E-state index is 5.58. The van der Waals surface area contributed by atoms with E-state index in [0.717, 1.165) is 30.4 Å². The van der Waals surface area contributed by atoms with Crippen LogP contribution in [0.25, 0.3) is 0 Å². The van der Waals surface area contributed by atoms with Gasteiger partial charge in [-0.1, -0.05) is 50.3 Å². The smallest absolute Gasteiger partial charge is 0.109 e. The van der Waals surface area contributed by atoms with Crippen molar-refractivity contribution in [2.45, 2.75) is 33.1 Å². The molecule has 92 valence electrons. The average Bonchev–Trinajstić information content (AvgIpc) is 2.39. The Morgan fingerprint density at radius 1 is 1.24 bits per heavy atom. The first-order valence-electron chi connectivity index (χ1n) is 6.59. The van der Waals surface area contributed by atoms with Crippen molar-refractivity contribution in [1.29, 1.82) is 0 Å². The molecule has 0 radical (unpaired) electrons. The van der Waals surface area contributed by atoms with E-state index in [9.17, 15) is 0 Å². The molecule has 1 saturated heterocycles. The number of benzene rings is 1. The topological polar surface area (TPSA) is 3.24 Å². The fraction of sp³-hybridized carbons (Fsp3) is 0.533. The molecule has 1 aliphatic rings. The van der Waals surface area contributed by atoms with Gasteiger partial charge in [-0.3, -0.25) is 0 Å². The van der Waals surface area contributed by atoms with Crippen molar-refractivity contribution < 1.29 is 0 Å². The summed E-state index contributed by atoms with van der Waals surface area (Å²) in [5.74, 6) is 0.858. The van der Waals surface area contributed by atoms with E-state index in [4.69, 9.17) is 12.2 Å². The number of thiocarbonyl (C=S) groups is 1. The molecule has 1 aliphatic heterocycles. The molecule has 1 fully saturated rings. The molecular weight excluding hydrogens is 226 g/mol. The third-order valence-electron chi connectivity index (χ3n) is 3.68. The van der Waals surface area contributed by atoms with Crippen molar-refractivity contribution in [1.82, 2.24) is 4.90 Å². The summed E-state index contributed by atoms with van der Waals surface area (Å²) in [6, 6.07) is 8.71. The molecule has 17 heavy (non-hydrogen) atoms. The first-order valence-corrected chi connectivity index (χ1v) is 6.99. The zero-order valence-corrected chi connectivity index (χ0v) is 11.6. The Labute approximate surface area is 110 Å². The molecule has 1 aromatic carbocycles. The molecule has 2 heteroatoms. The van der Waals surface area contributed by atoms with Gasteiger partial charge in [0.15, 0.2) is 0 Å². The van der Waals surface area contributed by atoms with Gasteiger partial charge in [-0.05, 0) is 30.7 Å². The summed E-state index contributed by atoms with van der Waals surface area (Å²) in [7, 11) is 0. The van der Waals surface area contributed by atoms with Crippen molar-refractivity contribution in [3.8, 4) is 0 Å². The standard InChI is InChI=1S/C15H21NS/c1-3-13-4-6-14(7-5-13)15(17)16-10-8-12(2)9-11-16/h4-7,12H,3,8-11H2,1-2H3. The number of rotatable bonds is 2. The lowest BCUT2D eigenvalue weighted by molar-refractivity contribution is 0.284. The largest absolute Gasteiger partial charge is 0.362 e. The van der Waals surface area contributed by atoms with Crippen LogP contribution in [0.3, 0.4) is 0 Å². The molecule has 0 aliphatic carbocycles. The zero-order chi connectivity index (χ0) is 12.3. The number of hydrogen-bond donors (Lipinski definition) is 0. The van der Waals surface area contributed by atoms with E-state index in [-0.39, 0.29) is 0 Å². The van der Waals surface area contributed by atoms with Crippen LogP contribution in [0.5, 0.6) is 0 Å². The van der Waals surface area contributed by atoms with E-state index >= 15 is 0 Å². The Kier molecular flexibility index (Phi) is 4.16. The second kappa shape index (κ2) is 5.63. The van der Waals surface area contributed by atoms with Crippen LogP contribution in [-0.4, -0.2) is 23.0 Å². The molecule has 0 aromatic heterocycles. The lowest BCUT2D eigenvalue weighted by Gasteiger charge is -2.32. The summed E-state index contributed by atoms with van der Waals surface area (Å²) in [4.78, 5) is 3.38. The highest BCUT2D eigenvalue weighted by Gasteiger charge is 2.18. The van der Waals surface area contributed by atoms with Gasteiger partial charge >= 0.3 is 0 Å². The molecular formula is C15H21NS. The fourth-order valence-corrected chi connectivity index (χ4v) is 2.60. The predicted molar refractivity (Wildman–Crippen MR) is 77.5 cm³/mol. The van der Waals surface area contributed by atoms with Crippen LogP contribution >= 0.6 is 12.2 Å². The molecule has 1 heterocycles. The molecule has 2 rings (SSSR count). The zero-order valence-electron chi connectivity index (χ0n) is 10.8. The second-order valence-electron chi connectivity index (χ2n) is 5.03. The Morgan fingerprint density at radius 3 is 2.35 bits per heavy atom. The van der Waals surface area contributed by atoms with Crippen molar-refractivity contribution in [2.75, 3.05) is 13.1 Å². The number of likely N-dealkylation sites (tertiary alicyclic amines) is 1. The minimum absolute atomic E-state index is 0.858. The quantitative estimate of drug-likeness (QED) is 0.734. The highest BCUT2D eigenvalue weighted by Crippen LogP contribution is 2.19. The molecule has 0 bridgehead atoms. The van der Waals surface area contributed by atoms with Crippen molar-refractivity contribution in [2.24, 2.45) is 5.92 Å². The third-order valence-corrected chi connectivity index (χ3v) is 4.17. The van der Waals surface area contributed by atoms with Gasteiger partial charge in [-0.15, -0.1) is 0 Å². The summed E-state index contributed by atoms with van der Waals surface area (Å²) >= 11 is 5.58. The summed E-state index contributed by atoms with van der Waals surface area (Å²) in [6.07, 6.45) is 3.63. The van der Waals surface area contributed by atoms with Crippen LogP contribution in [-0.2, 0) is 6.42 Å². The molecule has 0 saturated carbocycles. The highest BCUT2D eigenvalue weighted by molar-refractivity contribution is 7.80. The first kappa shape index (κ1) is 12.6. The maximum absolute atomic E-state index is 5.58. The summed E-state index contributed by atoms with van der Waals surface area (Å²) in [5, 5.41) is 0. The SMILES string of the molecule is CCc1ccc(C(=S)N2CCC(C)CC2)cc1. The van der Waals surface area contributed by atoms with Gasteiger partial charge in [-0.25, -0.2) is 0 Å². The van der Waals surface area contributed by atoms with Gasteiger partial charge in [0.25, 0.3) is 0 Å². The minimum Gasteiger partial charge on any atom is -0.362 e. The second-order valence-corrected chi connectivity index (χ2v) is 5.41. The molecule has 0 amide bonds. The lowest BCUT2D eigenvalue weighted by atomic mass is 9.98. The minimum atomic E-state index is 0.858. The Balaban J connectivity index is 2.03. The fourth-order valence-electron chi connectivity index (χ4n) is 2.28. The third kappa shape index (κ3) is 3.06. The van der Waals surface area contributed by atoms with Crippen molar-refractivity contribution in [3.63, 3.8) is 0 Å². The van der Waals surface area contributed by atoms with Crippen LogP contribution in [0.4, 0.5) is 0 Å². The van der Waals surface area contributed by atoms with Crippen LogP contribution in [0.1, 0.15) is 37.8 Å².